The fourth-order valence-corrected chi connectivity index (χ4v) is 3.11. The molecule has 0 atom stereocenters. The smallest absolute Gasteiger partial charge is 0.255 e. The molecule has 0 aliphatic rings. The van der Waals surface area contributed by atoms with E-state index >= 15 is 0 Å². The Bertz CT molecular complexity index is 1230. The number of para-hydroxylation sites is 2. The Balaban J connectivity index is 1.49. The Hall–Kier alpha value is -4.07. The Morgan fingerprint density at radius 1 is 0.900 bits per heavy atom. The minimum Gasteiger partial charge on any atom is -0.324 e. The summed E-state index contributed by atoms with van der Waals surface area (Å²) in [5.41, 5.74) is 3.28. The van der Waals surface area contributed by atoms with Gasteiger partial charge in [0.25, 0.3) is 11.7 Å². The van der Waals surface area contributed by atoms with E-state index in [0.29, 0.717) is 28.5 Å². The van der Waals surface area contributed by atoms with Crippen LogP contribution in [0.5, 0.6) is 0 Å². The number of anilines is 2. The van der Waals surface area contributed by atoms with Crippen molar-refractivity contribution in [3.63, 3.8) is 0 Å². The Kier molecular flexibility index (Phi) is 5.21. The molecule has 150 valence electrons. The quantitative estimate of drug-likeness (QED) is 0.536. The highest BCUT2D eigenvalue weighted by atomic mass is 16.2. The molecule has 0 unspecified atom stereocenters. The number of aryl methyl sites for hydroxylation is 2. The van der Waals surface area contributed by atoms with Gasteiger partial charge in [0.1, 0.15) is 0 Å². The third kappa shape index (κ3) is 4.17. The molecule has 0 saturated heterocycles. The van der Waals surface area contributed by atoms with Crippen LogP contribution in [0.15, 0.2) is 60.7 Å². The fraction of sp³-hybridized carbons (Fsp3) is 0.136. The predicted molar refractivity (Wildman–Crippen MR) is 113 cm³/mol. The topological polar surface area (TPSA) is 101 Å². The van der Waals surface area contributed by atoms with Gasteiger partial charge in [-0.1, -0.05) is 30.3 Å². The van der Waals surface area contributed by atoms with Crippen LogP contribution in [0.2, 0.25) is 0 Å². The summed E-state index contributed by atoms with van der Waals surface area (Å²) in [5.74, 6) is 0.295. The van der Waals surface area contributed by atoms with Crippen LogP contribution in [-0.4, -0.2) is 31.4 Å². The summed E-state index contributed by atoms with van der Waals surface area (Å²) in [7, 11) is 0. The van der Waals surface area contributed by atoms with E-state index in [0.717, 1.165) is 11.4 Å². The molecule has 30 heavy (non-hydrogen) atoms. The van der Waals surface area contributed by atoms with Gasteiger partial charge in [0.05, 0.1) is 17.8 Å². The van der Waals surface area contributed by atoms with Gasteiger partial charge in [0.2, 0.25) is 5.91 Å². The molecule has 0 saturated carbocycles. The van der Waals surface area contributed by atoms with Gasteiger partial charge in [-0.25, -0.2) is 9.50 Å². The van der Waals surface area contributed by atoms with Crippen LogP contribution in [0, 0.1) is 13.8 Å². The highest BCUT2D eigenvalue weighted by Gasteiger charge is 2.14. The van der Waals surface area contributed by atoms with Crippen LogP contribution in [-0.2, 0) is 11.2 Å². The molecular formula is C22H20N6O2. The lowest BCUT2D eigenvalue weighted by Crippen LogP contribution is -2.18. The number of rotatable bonds is 5. The monoisotopic (exact) mass is 400 g/mol. The van der Waals surface area contributed by atoms with Crippen molar-refractivity contribution < 1.29 is 9.59 Å². The van der Waals surface area contributed by atoms with Gasteiger partial charge >= 0.3 is 0 Å². The predicted octanol–water partition coefficient (Wildman–Crippen LogP) is 3.17. The summed E-state index contributed by atoms with van der Waals surface area (Å²) in [6, 6.07) is 17.8. The Morgan fingerprint density at radius 3 is 2.30 bits per heavy atom. The number of nitrogens with one attached hydrogen (secondary N) is 2. The van der Waals surface area contributed by atoms with Crippen molar-refractivity contribution in [2.45, 2.75) is 20.3 Å². The molecule has 0 fully saturated rings. The first-order chi connectivity index (χ1) is 14.5. The van der Waals surface area contributed by atoms with Gasteiger partial charge in [0, 0.05) is 17.0 Å². The molecule has 2 aromatic heterocycles. The van der Waals surface area contributed by atoms with Crippen molar-refractivity contribution in [3.8, 4) is 0 Å². The zero-order chi connectivity index (χ0) is 21.1. The molecule has 0 bridgehead atoms. The maximum atomic E-state index is 12.6. The molecule has 0 aliphatic heterocycles. The van der Waals surface area contributed by atoms with Crippen molar-refractivity contribution in [2.24, 2.45) is 0 Å². The van der Waals surface area contributed by atoms with Crippen molar-refractivity contribution in [2.75, 3.05) is 10.6 Å². The SMILES string of the molecule is Cc1cc(C)n2nc(CC(=O)Nc3ccccc3NC(=O)c3ccccc3)nc2n1. The number of carbonyl (C=O) groups excluding carboxylic acids is 2. The molecule has 4 rings (SSSR count). The molecule has 2 heterocycles. The molecule has 0 radical (unpaired) electrons. The van der Waals surface area contributed by atoms with E-state index in [4.69, 9.17) is 0 Å². The number of hydrogen-bond acceptors (Lipinski definition) is 5. The maximum Gasteiger partial charge on any atom is 0.255 e. The number of nitrogens with zero attached hydrogens (tertiary/aromatic N) is 4. The van der Waals surface area contributed by atoms with Crippen molar-refractivity contribution >= 4 is 29.0 Å². The molecule has 2 N–H and O–H groups in total. The number of aromatic nitrogens is 4. The first-order valence-corrected chi connectivity index (χ1v) is 9.45. The van der Waals surface area contributed by atoms with E-state index < -0.39 is 0 Å². The highest BCUT2D eigenvalue weighted by Crippen LogP contribution is 2.22. The Labute approximate surface area is 173 Å². The van der Waals surface area contributed by atoms with Crippen molar-refractivity contribution in [3.05, 3.63) is 83.4 Å². The highest BCUT2D eigenvalue weighted by molar-refractivity contribution is 6.07. The van der Waals surface area contributed by atoms with E-state index in [1.165, 1.54) is 0 Å². The number of carbonyl (C=O) groups is 2. The maximum absolute atomic E-state index is 12.6. The van der Waals surface area contributed by atoms with E-state index in [1.807, 2.05) is 26.0 Å². The summed E-state index contributed by atoms with van der Waals surface area (Å²) in [6.45, 7) is 3.79. The van der Waals surface area contributed by atoms with Crippen LogP contribution < -0.4 is 10.6 Å². The van der Waals surface area contributed by atoms with Crippen LogP contribution >= 0.6 is 0 Å². The van der Waals surface area contributed by atoms with Crippen molar-refractivity contribution in [1.29, 1.82) is 0 Å². The lowest BCUT2D eigenvalue weighted by Gasteiger charge is -2.12. The van der Waals surface area contributed by atoms with E-state index in [-0.39, 0.29) is 18.2 Å². The van der Waals surface area contributed by atoms with E-state index in [1.54, 1.807) is 53.0 Å². The molecule has 2 aromatic carbocycles. The first kappa shape index (κ1) is 19.3. The largest absolute Gasteiger partial charge is 0.324 e. The van der Waals surface area contributed by atoms with Gasteiger partial charge < -0.3 is 10.6 Å². The minimum absolute atomic E-state index is 0.0111. The van der Waals surface area contributed by atoms with Gasteiger partial charge in [0.15, 0.2) is 5.82 Å². The van der Waals surface area contributed by atoms with Crippen LogP contribution in [0.4, 0.5) is 11.4 Å². The minimum atomic E-state index is -0.290. The summed E-state index contributed by atoms with van der Waals surface area (Å²) in [6.07, 6.45) is -0.0111. The number of benzene rings is 2. The summed E-state index contributed by atoms with van der Waals surface area (Å²) in [5, 5.41) is 10.0. The summed E-state index contributed by atoms with van der Waals surface area (Å²) >= 11 is 0. The zero-order valence-corrected chi connectivity index (χ0v) is 16.6. The van der Waals surface area contributed by atoms with Gasteiger partial charge in [-0.3, -0.25) is 9.59 Å². The van der Waals surface area contributed by atoms with Crippen molar-refractivity contribution in [1.82, 2.24) is 19.6 Å². The third-order valence-corrected chi connectivity index (χ3v) is 4.47. The Morgan fingerprint density at radius 2 is 1.57 bits per heavy atom. The average Bonchev–Trinajstić information content (AvgIpc) is 3.12. The standard InChI is InChI=1S/C22H20N6O2/c1-14-12-15(2)28-22(23-14)26-19(27-28)13-20(29)24-17-10-6-7-11-18(17)25-21(30)16-8-4-3-5-9-16/h3-12H,13H2,1-2H3,(H,24,29)(H,25,30). The van der Waals surface area contributed by atoms with Gasteiger partial charge in [-0.15, -0.1) is 5.10 Å². The van der Waals surface area contributed by atoms with Crippen LogP contribution in [0.3, 0.4) is 0 Å². The van der Waals surface area contributed by atoms with Gasteiger partial charge in [-0.2, -0.15) is 4.98 Å². The molecule has 8 nitrogen and oxygen atoms in total. The molecule has 4 aromatic rings. The lowest BCUT2D eigenvalue weighted by molar-refractivity contribution is -0.115. The molecule has 0 aliphatic carbocycles. The van der Waals surface area contributed by atoms with E-state index in [9.17, 15) is 9.59 Å². The number of amides is 2. The fourth-order valence-electron chi connectivity index (χ4n) is 3.11. The number of hydrogen-bond donors (Lipinski definition) is 2. The third-order valence-electron chi connectivity index (χ3n) is 4.47. The van der Waals surface area contributed by atoms with Crippen LogP contribution in [0.1, 0.15) is 27.6 Å². The number of fused-ring (bicyclic) bond motifs is 1. The molecule has 2 amide bonds. The van der Waals surface area contributed by atoms with Crippen LogP contribution in [0.25, 0.3) is 5.78 Å². The average molecular weight is 400 g/mol. The molecular weight excluding hydrogens is 380 g/mol. The molecule has 8 heteroatoms. The van der Waals surface area contributed by atoms with Gasteiger partial charge in [-0.05, 0) is 44.2 Å². The normalized spacial score (nSPS) is 10.7. The molecule has 0 spiro atoms. The lowest BCUT2D eigenvalue weighted by atomic mass is 10.2. The zero-order valence-electron chi connectivity index (χ0n) is 16.6. The second-order valence-corrected chi connectivity index (χ2v) is 6.87. The summed E-state index contributed by atoms with van der Waals surface area (Å²) < 4.78 is 1.61. The second-order valence-electron chi connectivity index (χ2n) is 6.87. The van der Waals surface area contributed by atoms with E-state index in [2.05, 4.69) is 25.7 Å². The second kappa shape index (κ2) is 8.12. The summed E-state index contributed by atoms with van der Waals surface area (Å²) in [4.78, 5) is 33.7. The first-order valence-electron chi connectivity index (χ1n) is 9.45.